The molecular formula is C11H17N3O3. The third-order valence-corrected chi connectivity index (χ3v) is 3.12. The lowest BCUT2D eigenvalue weighted by atomic mass is 10.1. The summed E-state index contributed by atoms with van der Waals surface area (Å²) in [7, 11) is 0. The summed E-state index contributed by atoms with van der Waals surface area (Å²) < 4.78 is 5.05. The SMILES string of the molecule is CCN1CCC(c2noc(CCC(=O)O)n2)C1. The highest BCUT2D eigenvalue weighted by Crippen LogP contribution is 2.24. The highest BCUT2D eigenvalue weighted by Gasteiger charge is 2.26. The molecule has 1 unspecified atom stereocenters. The third kappa shape index (κ3) is 3.03. The normalized spacial score (nSPS) is 20.9. The summed E-state index contributed by atoms with van der Waals surface area (Å²) in [5.41, 5.74) is 0. The lowest BCUT2D eigenvalue weighted by Gasteiger charge is -2.10. The van der Waals surface area contributed by atoms with Crippen LogP contribution in [0.3, 0.4) is 0 Å². The van der Waals surface area contributed by atoms with Gasteiger partial charge in [0.15, 0.2) is 5.82 Å². The average Bonchev–Trinajstić information content (AvgIpc) is 2.94. The largest absolute Gasteiger partial charge is 0.481 e. The molecule has 1 fully saturated rings. The Morgan fingerprint density at radius 3 is 3.12 bits per heavy atom. The average molecular weight is 239 g/mol. The van der Waals surface area contributed by atoms with Gasteiger partial charge in [0.2, 0.25) is 5.89 Å². The second-order valence-corrected chi connectivity index (χ2v) is 4.32. The van der Waals surface area contributed by atoms with E-state index in [1.807, 2.05) is 0 Å². The molecular weight excluding hydrogens is 222 g/mol. The van der Waals surface area contributed by atoms with Gasteiger partial charge in [-0.2, -0.15) is 4.98 Å². The number of likely N-dealkylation sites (tertiary alicyclic amines) is 1. The van der Waals surface area contributed by atoms with Gasteiger partial charge < -0.3 is 14.5 Å². The Bertz CT molecular complexity index is 391. The minimum Gasteiger partial charge on any atom is -0.481 e. The molecule has 0 radical (unpaired) electrons. The zero-order valence-electron chi connectivity index (χ0n) is 9.93. The summed E-state index contributed by atoms with van der Waals surface area (Å²) in [6.07, 6.45) is 1.39. The molecule has 1 aromatic heterocycles. The molecule has 0 aromatic carbocycles. The maximum Gasteiger partial charge on any atom is 0.303 e. The molecule has 1 aliphatic rings. The molecule has 0 bridgehead atoms. The Morgan fingerprint density at radius 2 is 2.47 bits per heavy atom. The van der Waals surface area contributed by atoms with Gasteiger partial charge >= 0.3 is 5.97 Å². The Hall–Kier alpha value is -1.43. The first kappa shape index (κ1) is 12.0. The van der Waals surface area contributed by atoms with E-state index in [2.05, 4.69) is 22.0 Å². The monoisotopic (exact) mass is 239 g/mol. The predicted octanol–water partition coefficient (Wildman–Crippen LogP) is 0.896. The molecule has 0 aliphatic carbocycles. The number of likely N-dealkylation sites (N-methyl/N-ethyl adjacent to an activating group) is 1. The predicted molar refractivity (Wildman–Crippen MR) is 59.7 cm³/mol. The van der Waals surface area contributed by atoms with Gasteiger partial charge in [-0.3, -0.25) is 4.79 Å². The second-order valence-electron chi connectivity index (χ2n) is 4.32. The number of aliphatic carboxylic acids is 1. The fourth-order valence-corrected chi connectivity index (χ4v) is 2.08. The van der Waals surface area contributed by atoms with Gasteiger partial charge in [0.05, 0.1) is 6.42 Å². The van der Waals surface area contributed by atoms with E-state index >= 15 is 0 Å². The van der Waals surface area contributed by atoms with E-state index in [9.17, 15) is 4.79 Å². The lowest BCUT2D eigenvalue weighted by Crippen LogP contribution is -2.19. The van der Waals surface area contributed by atoms with Crippen LogP contribution in [0.2, 0.25) is 0 Å². The molecule has 1 aromatic rings. The van der Waals surface area contributed by atoms with Gasteiger partial charge in [-0.25, -0.2) is 0 Å². The van der Waals surface area contributed by atoms with E-state index in [0.717, 1.165) is 31.9 Å². The molecule has 1 saturated heterocycles. The van der Waals surface area contributed by atoms with E-state index in [1.54, 1.807) is 0 Å². The van der Waals surface area contributed by atoms with Crippen LogP contribution in [-0.4, -0.2) is 45.8 Å². The van der Waals surface area contributed by atoms with Gasteiger partial charge in [0, 0.05) is 18.9 Å². The minimum atomic E-state index is -0.845. The number of carboxylic acids is 1. The van der Waals surface area contributed by atoms with Crippen molar-refractivity contribution in [1.29, 1.82) is 0 Å². The standard InChI is InChI=1S/C11H17N3O3/c1-2-14-6-5-8(7-14)11-12-9(17-13-11)3-4-10(15)16/h8H,2-7H2,1H3,(H,15,16). The van der Waals surface area contributed by atoms with Crippen LogP contribution in [0, 0.1) is 0 Å². The molecule has 0 spiro atoms. The van der Waals surface area contributed by atoms with E-state index in [-0.39, 0.29) is 6.42 Å². The maximum absolute atomic E-state index is 10.4. The molecule has 2 rings (SSSR count). The van der Waals surface area contributed by atoms with E-state index in [4.69, 9.17) is 9.63 Å². The van der Waals surface area contributed by atoms with Crippen molar-refractivity contribution in [3.05, 3.63) is 11.7 Å². The highest BCUT2D eigenvalue weighted by molar-refractivity contribution is 5.66. The minimum absolute atomic E-state index is 0.0351. The van der Waals surface area contributed by atoms with Gasteiger partial charge in [0.25, 0.3) is 0 Å². The molecule has 94 valence electrons. The van der Waals surface area contributed by atoms with Crippen molar-refractivity contribution in [2.45, 2.75) is 32.1 Å². The fourth-order valence-electron chi connectivity index (χ4n) is 2.08. The summed E-state index contributed by atoms with van der Waals surface area (Å²) in [4.78, 5) is 17.0. The molecule has 1 aliphatic heterocycles. The number of aryl methyl sites for hydroxylation is 1. The molecule has 0 amide bonds. The zero-order valence-corrected chi connectivity index (χ0v) is 9.93. The van der Waals surface area contributed by atoms with Gasteiger partial charge in [-0.05, 0) is 19.5 Å². The Balaban J connectivity index is 1.92. The number of hydrogen-bond donors (Lipinski definition) is 1. The summed E-state index contributed by atoms with van der Waals surface area (Å²) >= 11 is 0. The molecule has 2 heterocycles. The first-order chi connectivity index (χ1) is 8.19. The van der Waals surface area contributed by atoms with Crippen LogP contribution >= 0.6 is 0 Å². The number of carboxylic acid groups (broad SMARTS) is 1. The Kier molecular flexibility index (Phi) is 3.73. The first-order valence-electron chi connectivity index (χ1n) is 5.95. The summed E-state index contributed by atoms with van der Waals surface area (Å²) in [6.45, 7) is 5.21. The van der Waals surface area contributed by atoms with E-state index in [0.29, 0.717) is 18.2 Å². The third-order valence-electron chi connectivity index (χ3n) is 3.12. The number of rotatable bonds is 5. The van der Waals surface area contributed by atoms with Crippen molar-refractivity contribution >= 4 is 5.97 Å². The first-order valence-corrected chi connectivity index (χ1v) is 5.95. The van der Waals surface area contributed by atoms with Gasteiger partial charge in [-0.1, -0.05) is 12.1 Å². The van der Waals surface area contributed by atoms with Crippen molar-refractivity contribution in [2.75, 3.05) is 19.6 Å². The summed E-state index contributed by atoms with van der Waals surface area (Å²) in [6, 6.07) is 0. The Morgan fingerprint density at radius 1 is 1.65 bits per heavy atom. The van der Waals surface area contributed by atoms with Crippen molar-refractivity contribution in [1.82, 2.24) is 15.0 Å². The summed E-state index contributed by atoms with van der Waals surface area (Å²) in [5.74, 6) is 0.638. The van der Waals surface area contributed by atoms with Crippen molar-refractivity contribution in [3.8, 4) is 0 Å². The van der Waals surface area contributed by atoms with Crippen LogP contribution in [0.15, 0.2) is 4.52 Å². The van der Waals surface area contributed by atoms with Crippen molar-refractivity contribution in [3.63, 3.8) is 0 Å². The maximum atomic E-state index is 10.4. The van der Waals surface area contributed by atoms with Crippen LogP contribution in [0.4, 0.5) is 0 Å². The zero-order chi connectivity index (χ0) is 12.3. The van der Waals surface area contributed by atoms with Crippen LogP contribution in [0.1, 0.15) is 37.4 Å². The lowest BCUT2D eigenvalue weighted by molar-refractivity contribution is -0.137. The topological polar surface area (TPSA) is 79.5 Å². The number of hydrogen-bond acceptors (Lipinski definition) is 5. The molecule has 0 saturated carbocycles. The van der Waals surface area contributed by atoms with Crippen molar-refractivity contribution < 1.29 is 14.4 Å². The van der Waals surface area contributed by atoms with Crippen LogP contribution < -0.4 is 0 Å². The molecule has 1 N–H and O–H groups in total. The van der Waals surface area contributed by atoms with E-state index < -0.39 is 5.97 Å². The number of nitrogens with zero attached hydrogens (tertiary/aromatic N) is 3. The quantitative estimate of drug-likeness (QED) is 0.822. The summed E-state index contributed by atoms with van der Waals surface area (Å²) in [5, 5.41) is 12.5. The van der Waals surface area contributed by atoms with Crippen LogP contribution in [0.25, 0.3) is 0 Å². The fraction of sp³-hybridized carbons (Fsp3) is 0.727. The molecule has 6 nitrogen and oxygen atoms in total. The second kappa shape index (κ2) is 5.27. The highest BCUT2D eigenvalue weighted by atomic mass is 16.5. The molecule has 1 atom stereocenters. The van der Waals surface area contributed by atoms with E-state index in [1.165, 1.54) is 0 Å². The van der Waals surface area contributed by atoms with Crippen LogP contribution in [-0.2, 0) is 11.2 Å². The molecule has 17 heavy (non-hydrogen) atoms. The number of aromatic nitrogens is 2. The number of carbonyl (C=O) groups is 1. The van der Waals surface area contributed by atoms with Gasteiger partial charge in [-0.15, -0.1) is 0 Å². The van der Waals surface area contributed by atoms with Crippen molar-refractivity contribution in [2.24, 2.45) is 0 Å². The van der Waals surface area contributed by atoms with Gasteiger partial charge in [0.1, 0.15) is 0 Å². The smallest absolute Gasteiger partial charge is 0.303 e. The Labute approximate surface area is 99.6 Å². The molecule has 6 heteroatoms. The van der Waals surface area contributed by atoms with Crippen LogP contribution in [0.5, 0.6) is 0 Å².